The molecule has 8 nitrogen and oxygen atoms in total. The summed E-state index contributed by atoms with van der Waals surface area (Å²) in [5, 5.41) is 8.88. The maximum Gasteiger partial charge on any atom is 0.243 e. The molecule has 0 atom stereocenters. The zero-order chi connectivity index (χ0) is 14.6. The Hall–Kier alpha value is -1.26. The van der Waals surface area contributed by atoms with Crippen LogP contribution in [0.15, 0.2) is 23.2 Å². The van der Waals surface area contributed by atoms with Gasteiger partial charge in [-0.1, -0.05) is 0 Å². The Morgan fingerprint density at radius 3 is 2.65 bits per heavy atom. The Kier molecular flexibility index (Phi) is 4.89. The summed E-state index contributed by atoms with van der Waals surface area (Å²) in [7, 11) is -3.52. The van der Waals surface area contributed by atoms with Gasteiger partial charge in [-0.2, -0.15) is 4.31 Å². The fraction of sp³-hybridized carbons (Fsp3) is 0.545. The van der Waals surface area contributed by atoms with Crippen molar-refractivity contribution in [2.45, 2.75) is 4.90 Å². The fourth-order valence-electron chi connectivity index (χ4n) is 2.13. The molecule has 2 heterocycles. The van der Waals surface area contributed by atoms with Crippen LogP contribution >= 0.6 is 0 Å². The highest BCUT2D eigenvalue weighted by Crippen LogP contribution is 2.19. The Labute approximate surface area is 118 Å². The summed E-state index contributed by atoms with van der Waals surface area (Å²) in [6.07, 6.45) is 1.41. The number of aromatic nitrogens is 1. The van der Waals surface area contributed by atoms with Crippen LogP contribution in [0.3, 0.4) is 0 Å². The highest BCUT2D eigenvalue weighted by Gasteiger charge is 2.28. The molecule has 0 saturated carbocycles. The van der Waals surface area contributed by atoms with Crippen molar-refractivity contribution in [3.63, 3.8) is 0 Å². The third-order valence-corrected chi connectivity index (χ3v) is 5.16. The number of nitrogens with one attached hydrogen (secondary N) is 1. The van der Waals surface area contributed by atoms with E-state index in [0.717, 1.165) is 0 Å². The molecule has 0 amide bonds. The number of hydrogen-bond donors (Lipinski definition) is 3. The van der Waals surface area contributed by atoms with Gasteiger partial charge in [0.1, 0.15) is 5.82 Å². The number of aliphatic hydroxyl groups is 1. The van der Waals surface area contributed by atoms with E-state index >= 15 is 0 Å². The Bertz CT molecular complexity index is 543. The molecule has 1 aromatic heterocycles. The summed E-state index contributed by atoms with van der Waals surface area (Å²) in [6.45, 7) is 2.72. The van der Waals surface area contributed by atoms with E-state index in [1.165, 1.54) is 22.6 Å². The number of hydrazine groups is 1. The van der Waals surface area contributed by atoms with Gasteiger partial charge < -0.3 is 10.5 Å². The molecule has 2 rings (SSSR count). The van der Waals surface area contributed by atoms with Crippen LogP contribution in [0, 0.1) is 0 Å². The topological polar surface area (TPSA) is 112 Å². The minimum atomic E-state index is -3.52. The number of anilines is 1. The average Bonchev–Trinajstić information content (AvgIpc) is 2.48. The van der Waals surface area contributed by atoms with Gasteiger partial charge >= 0.3 is 0 Å². The molecule has 112 valence electrons. The van der Waals surface area contributed by atoms with E-state index in [4.69, 9.17) is 10.9 Å². The van der Waals surface area contributed by atoms with Crippen molar-refractivity contribution >= 4 is 15.8 Å². The van der Waals surface area contributed by atoms with Crippen LogP contribution in [0.2, 0.25) is 0 Å². The quantitative estimate of drug-likeness (QED) is 0.456. The van der Waals surface area contributed by atoms with E-state index in [0.29, 0.717) is 38.5 Å². The molecule has 0 aliphatic carbocycles. The second-order valence-corrected chi connectivity index (χ2v) is 6.43. The second-order valence-electron chi connectivity index (χ2n) is 4.49. The number of sulfonamides is 1. The predicted molar refractivity (Wildman–Crippen MR) is 74.3 cm³/mol. The maximum absolute atomic E-state index is 12.5. The largest absolute Gasteiger partial charge is 0.395 e. The fourth-order valence-corrected chi connectivity index (χ4v) is 3.57. The Morgan fingerprint density at radius 2 is 2.05 bits per heavy atom. The van der Waals surface area contributed by atoms with Gasteiger partial charge in [0.2, 0.25) is 10.0 Å². The van der Waals surface area contributed by atoms with Crippen LogP contribution in [0.1, 0.15) is 0 Å². The first-order chi connectivity index (χ1) is 9.57. The van der Waals surface area contributed by atoms with Gasteiger partial charge in [-0.25, -0.2) is 19.2 Å². The first-order valence-corrected chi connectivity index (χ1v) is 7.78. The van der Waals surface area contributed by atoms with Crippen molar-refractivity contribution in [2.75, 3.05) is 44.8 Å². The first kappa shape index (κ1) is 15.1. The predicted octanol–water partition coefficient (Wildman–Crippen LogP) is -1.33. The van der Waals surface area contributed by atoms with Crippen molar-refractivity contribution in [2.24, 2.45) is 5.84 Å². The zero-order valence-electron chi connectivity index (χ0n) is 11.1. The normalized spacial score (nSPS) is 18.1. The lowest BCUT2D eigenvalue weighted by Crippen LogP contribution is -2.49. The molecule has 1 aliphatic heterocycles. The van der Waals surface area contributed by atoms with Crippen molar-refractivity contribution in [3.05, 3.63) is 18.3 Å². The lowest BCUT2D eigenvalue weighted by Gasteiger charge is -2.33. The van der Waals surface area contributed by atoms with Gasteiger partial charge in [0.05, 0.1) is 11.5 Å². The van der Waals surface area contributed by atoms with Gasteiger partial charge in [-0.05, 0) is 6.07 Å². The third kappa shape index (κ3) is 3.25. The highest BCUT2D eigenvalue weighted by atomic mass is 32.2. The molecule has 0 radical (unpaired) electrons. The smallest absolute Gasteiger partial charge is 0.243 e. The van der Waals surface area contributed by atoms with Gasteiger partial charge in [0, 0.05) is 45.0 Å². The molecular formula is C11H19N5O3S. The van der Waals surface area contributed by atoms with Crippen LogP contribution in [-0.2, 0) is 10.0 Å². The molecule has 0 aromatic carbocycles. The summed E-state index contributed by atoms with van der Waals surface area (Å²) in [5.74, 6) is 5.55. The van der Waals surface area contributed by atoms with Gasteiger partial charge in [0.25, 0.3) is 0 Å². The molecule has 0 spiro atoms. The summed E-state index contributed by atoms with van der Waals surface area (Å²) >= 11 is 0. The van der Waals surface area contributed by atoms with E-state index < -0.39 is 10.0 Å². The minimum Gasteiger partial charge on any atom is -0.395 e. The lowest BCUT2D eigenvalue weighted by molar-refractivity contribution is 0.151. The number of nitrogens with two attached hydrogens (primary N) is 1. The van der Waals surface area contributed by atoms with Crippen molar-refractivity contribution in [1.29, 1.82) is 0 Å². The SMILES string of the molecule is NNc1cc(S(=O)(=O)N2CCN(CCO)CC2)ccn1. The number of pyridine rings is 1. The van der Waals surface area contributed by atoms with E-state index in [1.807, 2.05) is 4.90 Å². The minimum absolute atomic E-state index is 0.0859. The number of nitrogen functional groups attached to an aromatic ring is 1. The van der Waals surface area contributed by atoms with Crippen LogP contribution in [0.25, 0.3) is 0 Å². The summed E-state index contributed by atoms with van der Waals surface area (Å²) in [5.41, 5.74) is 2.34. The molecule has 1 aromatic rings. The standard InChI is InChI=1S/C11H19N5O3S/c12-14-11-9-10(1-2-13-11)20(18,19)16-5-3-15(4-6-16)7-8-17/h1-2,9,17H,3-8,12H2,(H,13,14). The van der Waals surface area contributed by atoms with Crippen molar-refractivity contribution in [1.82, 2.24) is 14.2 Å². The first-order valence-electron chi connectivity index (χ1n) is 6.34. The Balaban J connectivity index is 2.11. The third-order valence-electron chi connectivity index (χ3n) is 3.26. The van der Waals surface area contributed by atoms with Crippen LogP contribution in [0.4, 0.5) is 5.82 Å². The molecule has 20 heavy (non-hydrogen) atoms. The van der Waals surface area contributed by atoms with Crippen LogP contribution in [-0.4, -0.2) is 67.0 Å². The van der Waals surface area contributed by atoms with Gasteiger partial charge in [0.15, 0.2) is 0 Å². The number of β-amino-alcohol motifs (C(OH)–C–C–N with tert-alkyl or cyclic N) is 1. The molecule has 1 aliphatic rings. The number of aliphatic hydroxyl groups excluding tert-OH is 1. The number of rotatable bonds is 5. The monoisotopic (exact) mass is 301 g/mol. The molecule has 1 fully saturated rings. The summed E-state index contributed by atoms with van der Waals surface area (Å²) < 4.78 is 26.4. The zero-order valence-corrected chi connectivity index (χ0v) is 11.9. The summed E-state index contributed by atoms with van der Waals surface area (Å²) in [6, 6.07) is 2.87. The van der Waals surface area contributed by atoms with Crippen LogP contribution < -0.4 is 11.3 Å². The average molecular weight is 301 g/mol. The summed E-state index contributed by atoms with van der Waals surface area (Å²) in [4.78, 5) is 6.11. The molecule has 4 N–H and O–H groups in total. The van der Waals surface area contributed by atoms with E-state index in [2.05, 4.69) is 10.4 Å². The number of nitrogens with zero attached hydrogens (tertiary/aromatic N) is 3. The molecule has 0 unspecified atom stereocenters. The second kappa shape index (κ2) is 6.46. The van der Waals surface area contributed by atoms with Gasteiger partial charge in [-0.15, -0.1) is 0 Å². The van der Waals surface area contributed by atoms with Crippen molar-refractivity contribution in [3.8, 4) is 0 Å². The van der Waals surface area contributed by atoms with E-state index in [-0.39, 0.29) is 11.5 Å². The number of piperazine rings is 1. The highest BCUT2D eigenvalue weighted by molar-refractivity contribution is 7.89. The van der Waals surface area contributed by atoms with E-state index in [1.54, 1.807) is 0 Å². The van der Waals surface area contributed by atoms with Crippen molar-refractivity contribution < 1.29 is 13.5 Å². The molecule has 0 bridgehead atoms. The van der Waals surface area contributed by atoms with Gasteiger partial charge in [-0.3, -0.25) is 4.90 Å². The lowest BCUT2D eigenvalue weighted by atomic mass is 10.4. The van der Waals surface area contributed by atoms with E-state index in [9.17, 15) is 8.42 Å². The molecule has 9 heteroatoms. The molecule has 1 saturated heterocycles. The van der Waals surface area contributed by atoms with Crippen LogP contribution in [0.5, 0.6) is 0 Å². The Morgan fingerprint density at radius 1 is 1.35 bits per heavy atom. The maximum atomic E-state index is 12.5. The number of hydrogen-bond acceptors (Lipinski definition) is 7. The molecular weight excluding hydrogens is 282 g/mol.